The van der Waals surface area contributed by atoms with Crippen molar-refractivity contribution in [2.24, 2.45) is 0 Å². The van der Waals surface area contributed by atoms with E-state index in [1.165, 1.54) is 30.5 Å². The standard InChI is InChI=1S/C14H8F3N/c1-2-11-8-7-10(9-18-11)12-5-3-4-6-13(12)14(15,16)17/h1,3-9H. The van der Waals surface area contributed by atoms with Crippen LogP contribution in [0.5, 0.6) is 0 Å². The molecule has 18 heavy (non-hydrogen) atoms. The fraction of sp³-hybridized carbons (Fsp3) is 0.0714. The van der Waals surface area contributed by atoms with E-state index in [9.17, 15) is 13.2 Å². The van der Waals surface area contributed by atoms with Crippen molar-refractivity contribution in [3.8, 4) is 23.5 Å². The van der Waals surface area contributed by atoms with Crippen LogP contribution < -0.4 is 0 Å². The quantitative estimate of drug-likeness (QED) is 0.699. The van der Waals surface area contributed by atoms with E-state index in [4.69, 9.17) is 6.42 Å². The maximum absolute atomic E-state index is 12.8. The molecule has 0 aliphatic rings. The van der Waals surface area contributed by atoms with Gasteiger partial charge >= 0.3 is 6.18 Å². The van der Waals surface area contributed by atoms with Gasteiger partial charge in [0.05, 0.1) is 5.56 Å². The first-order valence-electron chi connectivity index (χ1n) is 5.11. The van der Waals surface area contributed by atoms with Gasteiger partial charge in [0.1, 0.15) is 5.69 Å². The molecule has 90 valence electrons. The molecule has 0 atom stereocenters. The van der Waals surface area contributed by atoms with Gasteiger partial charge in [-0.15, -0.1) is 6.42 Å². The van der Waals surface area contributed by atoms with Crippen LogP contribution in [0.4, 0.5) is 13.2 Å². The maximum Gasteiger partial charge on any atom is 0.417 e. The highest BCUT2D eigenvalue weighted by molar-refractivity contribution is 5.67. The Bertz CT molecular complexity index is 592. The molecule has 2 aromatic rings. The molecule has 0 aliphatic carbocycles. The lowest BCUT2D eigenvalue weighted by molar-refractivity contribution is -0.137. The monoisotopic (exact) mass is 247 g/mol. The van der Waals surface area contributed by atoms with Crippen molar-refractivity contribution in [2.75, 3.05) is 0 Å². The Hall–Kier alpha value is -2.28. The van der Waals surface area contributed by atoms with Crippen LogP contribution in [0.2, 0.25) is 0 Å². The number of pyridine rings is 1. The molecule has 2 rings (SSSR count). The van der Waals surface area contributed by atoms with E-state index in [1.807, 2.05) is 0 Å². The number of alkyl halides is 3. The average Bonchev–Trinajstić information content (AvgIpc) is 2.38. The minimum absolute atomic E-state index is 0.0982. The molecule has 0 saturated heterocycles. The Morgan fingerprint density at radius 1 is 1.06 bits per heavy atom. The molecule has 1 aromatic carbocycles. The molecule has 1 nitrogen and oxygen atoms in total. The second-order valence-electron chi connectivity index (χ2n) is 3.62. The molecular formula is C14H8F3N. The summed E-state index contributed by atoms with van der Waals surface area (Å²) in [6.07, 6.45) is 2.10. The molecule has 0 aliphatic heterocycles. The predicted octanol–water partition coefficient (Wildman–Crippen LogP) is 3.75. The van der Waals surface area contributed by atoms with Crippen molar-refractivity contribution in [1.29, 1.82) is 0 Å². The van der Waals surface area contributed by atoms with Crippen LogP contribution >= 0.6 is 0 Å². The largest absolute Gasteiger partial charge is 0.417 e. The summed E-state index contributed by atoms with van der Waals surface area (Å²) in [5, 5.41) is 0. The van der Waals surface area contributed by atoms with E-state index in [0.717, 1.165) is 6.07 Å². The van der Waals surface area contributed by atoms with Gasteiger partial charge in [-0.1, -0.05) is 30.2 Å². The second kappa shape index (κ2) is 4.53. The Morgan fingerprint density at radius 3 is 2.33 bits per heavy atom. The van der Waals surface area contributed by atoms with Crippen molar-refractivity contribution in [1.82, 2.24) is 4.98 Å². The molecule has 0 amide bonds. The summed E-state index contributed by atoms with van der Waals surface area (Å²) < 4.78 is 38.5. The molecule has 0 N–H and O–H groups in total. The highest BCUT2D eigenvalue weighted by atomic mass is 19.4. The zero-order chi connectivity index (χ0) is 13.2. The van der Waals surface area contributed by atoms with Crippen LogP contribution in [0.3, 0.4) is 0 Å². The topological polar surface area (TPSA) is 12.9 Å². The van der Waals surface area contributed by atoms with Crippen LogP contribution in [0.25, 0.3) is 11.1 Å². The summed E-state index contributed by atoms with van der Waals surface area (Å²) in [5.74, 6) is 2.32. The van der Waals surface area contributed by atoms with Crippen LogP contribution in [0, 0.1) is 12.3 Å². The predicted molar refractivity (Wildman–Crippen MR) is 62.6 cm³/mol. The summed E-state index contributed by atoms with van der Waals surface area (Å²) in [4.78, 5) is 3.89. The van der Waals surface area contributed by atoms with Gasteiger partial charge in [0, 0.05) is 11.8 Å². The normalized spacial score (nSPS) is 11.0. The van der Waals surface area contributed by atoms with E-state index >= 15 is 0 Å². The van der Waals surface area contributed by atoms with Gasteiger partial charge < -0.3 is 0 Å². The number of halogens is 3. The van der Waals surface area contributed by atoms with E-state index in [1.54, 1.807) is 6.07 Å². The van der Waals surface area contributed by atoms with E-state index < -0.39 is 11.7 Å². The van der Waals surface area contributed by atoms with Crippen molar-refractivity contribution in [3.05, 3.63) is 53.9 Å². The Kier molecular flexibility index (Phi) is 3.07. The van der Waals surface area contributed by atoms with Gasteiger partial charge in [-0.05, 0) is 17.7 Å². The summed E-state index contributed by atoms with van der Waals surface area (Å²) in [5.41, 5.74) is 0.200. The summed E-state index contributed by atoms with van der Waals surface area (Å²) in [6, 6.07) is 8.42. The van der Waals surface area contributed by atoms with Crippen LogP contribution in [-0.2, 0) is 6.18 Å². The van der Waals surface area contributed by atoms with E-state index in [-0.39, 0.29) is 5.56 Å². The maximum atomic E-state index is 12.8. The Morgan fingerprint density at radius 2 is 1.78 bits per heavy atom. The minimum atomic E-state index is -4.39. The van der Waals surface area contributed by atoms with Crippen LogP contribution in [0.1, 0.15) is 11.3 Å². The first-order chi connectivity index (χ1) is 8.52. The molecule has 0 spiro atoms. The van der Waals surface area contributed by atoms with E-state index in [2.05, 4.69) is 10.9 Å². The molecule has 0 radical (unpaired) electrons. The number of rotatable bonds is 1. The Balaban J connectivity index is 2.54. The third-order valence-corrected chi connectivity index (χ3v) is 2.45. The Labute approximate surface area is 102 Å². The number of aromatic nitrogens is 1. The van der Waals surface area contributed by atoms with Crippen molar-refractivity contribution >= 4 is 0 Å². The first kappa shape index (κ1) is 12.2. The summed E-state index contributed by atoms with van der Waals surface area (Å²) >= 11 is 0. The third-order valence-electron chi connectivity index (χ3n) is 2.45. The molecule has 1 heterocycles. The number of hydrogen-bond acceptors (Lipinski definition) is 1. The highest BCUT2D eigenvalue weighted by Gasteiger charge is 2.33. The molecule has 0 unspecified atom stereocenters. The summed E-state index contributed by atoms with van der Waals surface area (Å²) in [6.45, 7) is 0. The molecule has 0 fully saturated rings. The lowest BCUT2D eigenvalue weighted by atomic mass is 10.0. The van der Waals surface area contributed by atoms with Gasteiger partial charge in [0.2, 0.25) is 0 Å². The lowest BCUT2D eigenvalue weighted by Crippen LogP contribution is -2.06. The minimum Gasteiger partial charge on any atom is -0.247 e. The fourth-order valence-corrected chi connectivity index (χ4v) is 1.62. The van der Waals surface area contributed by atoms with Crippen LogP contribution in [-0.4, -0.2) is 4.98 Å². The summed E-state index contributed by atoms with van der Waals surface area (Å²) in [7, 11) is 0. The third kappa shape index (κ3) is 2.35. The van der Waals surface area contributed by atoms with Gasteiger partial charge in [0.25, 0.3) is 0 Å². The van der Waals surface area contributed by atoms with Crippen LogP contribution in [0.15, 0.2) is 42.6 Å². The zero-order valence-corrected chi connectivity index (χ0v) is 9.20. The number of nitrogens with zero attached hydrogens (tertiary/aromatic N) is 1. The smallest absolute Gasteiger partial charge is 0.247 e. The van der Waals surface area contributed by atoms with Gasteiger partial charge in [-0.2, -0.15) is 13.2 Å². The van der Waals surface area contributed by atoms with E-state index in [0.29, 0.717) is 11.3 Å². The molecule has 0 saturated carbocycles. The number of hydrogen-bond donors (Lipinski definition) is 0. The SMILES string of the molecule is C#Cc1ccc(-c2ccccc2C(F)(F)F)cn1. The zero-order valence-electron chi connectivity index (χ0n) is 9.20. The average molecular weight is 247 g/mol. The fourth-order valence-electron chi connectivity index (χ4n) is 1.62. The highest BCUT2D eigenvalue weighted by Crippen LogP contribution is 2.36. The van der Waals surface area contributed by atoms with Crippen molar-refractivity contribution in [2.45, 2.75) is 6.18 Å². The molecule has 0 bridgehead atoms. The lowest BCUT2D eigenvalue weighted by Gasteiger charge is -2.12. The number of benzene rings is 1. The second-order valence-corrected chi connectivity index (χ2v) is 3.62. The van der Waals surface area contributed by atoms with Crippen molar-refractivity contribution < 1.29 is 13.2 Å². The molecule has 4 heteroatoms. The first-order valence-corrected chi connectivity index (χ1v) is 5.11. The van der Waals surface area contributed by atoms with Gasteiger partial charge in [0.15, 0.2) is 0 Å². The molecule has 1 aromatic heterocycles. The van der Waals surface area contributed by atoms with Crippen molar-refractivity contribution in [3.63, 3.8) is 0 Å². The molecular weight excluding hydrogens is 239 g/mol. The number of terminal acetylenes is 1. The van der Waals surface area contributed by atoms with Gasteiger partial charge in [-0.3, -0.25) is 0 Å². The van der Waals surface area contributed by atoms with Gasteiger partial charge in [-0.25, -0.2) is 4.98 Å².